The quantitative estimate of drug-likeness (QED) is 0.501. The molecule has 2 heterocycles. The Morgan fingerprint density at radius 3 is 2.55 bits per heavy atom. The molecule has 0 spiro atoms. The Balaban J connectivity index is 1.53. The molecule has 0 aliphatic rings. The third kappa shape index (κ3) is 3.14. The van der Waals surface area contributed by atoms with E-state index < -0.39 is 0 Å². The molecule has 0 aliphatic heterocycles. The molecular formula is C22H15N5O2. The average Bonchev–Trinajstić information content (AvgIpc) is 3.26. The van der Waals surface area contributed by atoms with Gasteiger partial charge < -0.3 is 10.1 Å². The number of anilines is 1. The highest BCUT2D eigenvalue weighted by Gasteiger charge is 2.15. The molecule has 3 aromatic carbocycles. The van der Waals surface area contributed by atoms with Crippen LogP contribution in [0.1, 0.15) is 10.4 Å². The number of para-hydroxylation sites is 4. The van der Waals surface area contributed by atoms with Crippen molar-refractivity contribution in [3.8, 4) is 11.6 Å². The molecule has 140 valence electrons. The van der Waals surface area contributed by atoms with Gasteiger partial charge in [0.15, 0.2) is 5.75 Å². The zero-order valence-electron chi connectivity index (χ0n) is 15.2. The molecule has 0 aliphatic carbocycles. The smallest absolute Gasteiger partial charge is 0.266 e. The molecule has 1 amide bonds. The van der Waals surface area contributed by atoms with E-state index in [9.17, 15) is 4.79 Å². The zero-order chi connectivity index (χ0) is 19.6. The number of hydrogen-bond donors (Lipinski definition) is 1. The van der Waals surface area contributed by atoms with Gasteiger partial charge in [0.05, 0.1) is 16.7 Å². The van der Waals surface area contributed by atoms with Gasteiger partial charge in [0.1, 0.15) is 6.33 Å². The minimum atomic E-state index is -0.222. The summed E-state index contributed by atoms with van der Waals surface area (Å²) in [6.45, 7) is 0. The van der Waals surface area contributed by atoms with Crippen molar-refractivity contribution in [1.82, 2.24) is 19.6 Å². The molecule has 0 radical (unpaired) electrons. The van der Waals surface area contributed by atoms with E-state index in [1.54, 1.807) is 30.6 Å². The second kappa shape index (κ2) is 7.05. The van der Waals surface area contributed by atoms with Crippen LogP contribution in [0.25, 0.3) is 16.7 Å². The van der Waals surface area contributed by atoms with Crippen molar-refractivity contribution in [2.24, 2.45) is 0 Å². The van der Waals surface area contributed by atoms with Crippen LogP contribution in [-0.2, 0) is 0 Å². The zero-order valence-corrected chi connectivity index (χ0v) is 15.2. The standard InChI is InChI=1S/C22H15N5O2/c28-21(15-8-2-1-3-9-15)24-17-11-5-7-13-19(17)29-22-20-26-23-14-27(20)18-12-6-4-10-16(18)25-22/h1-14H,(H,24,28). The van der Waals surface area contributed by atoms with Crippen molar-refractivity contribution in [3.05, 3.63) is 90.8 Å². The maximum atomic E-state index is 12.6. The topological polar surface area (TPSA) is 81.4 Å². The number of carbonyl (C=O) groups excluding carboxylic acids is 1. The lowest BCUT2D eigenvalue weighted by atomic mass is 10.2. The van der Waals surface area contributed by atoms with Crippen molar-refractivity contribution in [2.75, 3.05) is 5.32 Å². The van der Waals surface area contributed by atoms with E-state index in [4.69, 9.17) is 4.74 Å². The van der Waals surface area contributed by atoms with Crippen molar-refractivity contribution >= 4 is 28.3 Å². The fourth-order valence-corrected chi connectivity index (χ4v) is 3.09. The molecule has 7 heteroatoms. The van der Waals surface area contributed by atoms with E-state index in [0.717, 1.165) is 11.0 Å². The van der Waals surface area contributed by atoms with E-state index in [1.165, 1.54) is 0 Å². The molecule has 0 unspecified atom stereocenters. The van der Waals surface area contributed by atoms with Gasteiger partial charge >= 0.3 is 0 Å². The Morgan fingerprint density at radius 2 is 1.66 bits per heavy atom. The molecule has 0 fully saturated rings. The molecule has 5 aromatic rings. The highest BCUT2D eigenvalue weighted by atomic mass is 16.5. The van der Waals surface area contributed by atoms with Crippen LogP contribution in [0.3, 0.4) is 0 Å². The predicted molar refractivity (Wildman–Crippen MR) is 109 cm³/mol. The van der Waals surface area contributed by atoms with Crippen LogP contribution in [0.4, 0.5) is 5.69 Å². The van der Waals surface area contributed by atoms with Gasteiger partial charge in [-0.2, -0.15) is 0 Å². The summed E-state index contributed by atoms with van der Waals surface area (Å²) in [6, 6.07) is 23.9. The summed E-state index contributed by atoms with van der Waals surface area (Å²) in [4.78, 5) is 17.1. The number of ether oxygens (including phenoxy) is 1. The van der Waals surface area contributed by atoms with E-state index in [1.807, 2.05) is 59.0 Å². The van der Waals surface area contributed by atoms with E-state index in [0.29, 0.717) is 28.5 Å². The maximum absolute atomic E-state index is 12.6. The van der Waals surface area contributed by atoms with Gasteiger partial charge in [-0.05, 0) is 36.4 Å². The number of rotatable bonds is 4. The lowest BCUT2D eigenvalue weighted by molar-refractivity contribution is 0.102. The summed E-state index contributed by atoms with van der Waals surface area (Å²) in [5.41, 5.74) is 3.22. The fraction of sp³-hybridized carbons (Fsp3) is 0. The van der Waals surface area contributed by atoms with Crippen LogP contribution < -0.4 is 10.1 Å². The third-order valence-electron chi connectivity index (χ3n) is 4.48. The Morgan fingerprint density at radius 1 is 0.897 bits per heavy atom. The van der Waals surface area contributed by atoms with Crippen molar-refractivity contribution in [1.29, 1.82) is 0 Å². The summed E-state index contributed by atoms with van der Waals surface area (Å²) in [7, 11) is 0. The Hall–Kier alpha value is -4.26. The van der Waals surface area contributed by atoms with Crippen LogP contribution in [-0.4, -0.2) is 25.5 Å². The minimum Gasteiger partial charge on any atom is -0.434 e. The normalized spacial score (nSPS) is 10.9. The molecule has 0 saturated heterocycles. The molecule has 1 N–H and O–H groups in total. The lowest BCUT2D eigenvalue weighted by Gasteiger charge is -2.12. The van der Waals surface area contributed by atoms with Crippen LogP contribution >= 0.6 is 0 Å². The van der Waals surface area contributed by atoms with E-state index in [2.05, 4.69) is 20.5 Å². The summed E-state index contributed by atoms with van der Waals surface area (Å²) >= 11 is 0. The van der Waals surface area contributed by atoms with Gasteiger partial charge in [0.25, 0.3) is 11.8 Å². The van der Waals surface area contributed by atoms with Gasteiger partial charge in [-0.3, -0.25) is 9.20 Å². The van der Waals surface area contributed by atoms with Gasteiger partial charge in [-0.15, -0.1) is 10.2 Å². The van der Waals surface area contributed by atoms with Crippen LogP contribution in [0.5, 0.6) is 11.6 Å². The summed E-state index contributed by atoms with van der Waals surface area (Å²) in [5.74, 6) is 0.549. The van der Waals surface area contributed by atoms with Gasteiger partial charge in [-0.25, -0.2) is 4.98 Å². The highest BCUT2D eigenvalue weighted by Crippen LogP contribution is 2.31. The molecule has 0 bridgehead atoms. The molecule has 0 atom stereocenters. The van der Waals surface area contributed by atoms with E-state index in [-0.39, 0.29) is 5.91 Å². The van der Waals surface area contributed by atoms with Crippen molar-refractivity contribution in [2.45, 2.75) is 0 Å². The first-order valence-electron chi connectivity index (χ1n) is 9.01. The second-order valence-electron chi connectivity index (χ2n) is 6.35. The highest BCUT2D eigenvalue weighted by molar-refractivity contribution is 6.05. The van der Waals surface area contributed by atoms with Gasteiger partial charge in [0.2, 0.25) is 5.65 Å². The molecule has 7 nitrogen and oxygen atoms in total. The Kier molecular flexibility index (Phi) is 4.10. The fourth-order valence-electron chi connectivity index (χ4n) is 3.09. The minimum absolute atomic E-state index is 0.222. The number of carbonyl (C=O) groups is 1. The van der Waals surface area contributed by atoms with Crippen LogP contribution in [0.15, 0.2) is 85.2 Å². The van der Waals surface area contributed by atoms with Gasteiger partial charge in [0, 0.05) is 5.56 Å². The predicted octanol–water partition coefficient (Wildman–Crippen LogP) is 4.32. The van der Waals surface area contributed by atoms with Crippen molar-refractivity contribution in [3.63, 3.8) is 0 Å². The number of benzene rings is 3. The largest absolute Gasteiger partial charge is 0.434 e. The molecule has 2 aromatic heterocycles. The van der Waals surface area contributed by atoms with Crippen LogP contribution in [0, 0.1) is 0 Å². The first-order valence-corrected chi connectivity index (χ1v) is 9.01. The Labute approximate surface area is 165 Å². The summed E-state index contributed by atoms with van der Waals surface area (Å²) in [5, 5.41) is 11.0. The molecule has 5 rings (SSSR count). The number of amides is 1. The number of nitrogens with zero attached hydrogens (tertiary/aromatic N) is 4. The SMILES string of the molecule is O=C(Nc1ccccc1Oc1nc2ccccc2n2cnnc12)c1ccccc1. The number of aromatic nitrogens is 4. The molecule has 0 saturated carbocycles. The summed E-state index contributed by atoms with van der Waals surface area (Å²) in [6.07, 6.45) is 1.62. The number of nitrogens with one attached hydrogen (secondary N) is 1. The van der Waals surface area contributed by atoms with Crippen molar-refractivity contribution < 1.29 is 9.53 Å². The van der Waals surface area contributed by atoms with E-state index >= 15 is 0 Å². The Bertz CT molecular complexity index is 1330. The first kappa shape index (κ1) is 16.9. The number of hydrogen-bond acceptors (Lipinski definition) is 5. The number of fused-ring (bicyclic) bond motifs is 3. The molecule has 29 heavy (non-hydrogen) atoms. The first-order chi connectivity index (χ1) is 14.3. The second-order valence-corrected chi connectivity index (χ2v) is 6.35. The monoisotopic (exact) mass is 381 g/mol. The lowest BCUT2D eigenvalue weighted by Crippen LogP contribution is -2.12. The van der Waals surface area contributed by atoms with Gasteiger partial charge in [-0.1, -0.05) is 42.5 Å². The molecular weight excluding hydrogens is 366 g/mol. The average molecular weight is 381 g/mol. The maximum Gasteiger partial charge on any atom is 0.266 e. The summed E-state index contributed by atoms with van der Waals surface area (Å²) < 4.78 is 7.90. The van der Waals surface area contributed by atoms with Crippen LogP contribution in [0.2, 0.25) is 0 Å². The third-order valence-corrected chi connectivity index (χ3v) is 4.48.